The van der Waals surface area contributed by atoms with Crippen LogP contribution in [0.15, 0.2) is 5.16 Å². The molecule has 0 radical (unpaired) electrons. The van der Waals surface area contributed by atoms with Crippen molar-refractivity contribution in [2.45, 2.75) is 98.1 Å². The van der Waals surface area contributed by atoms with Crippen molar-refractivity contribution in [1.29, 1.82) is 0 Å². The molecule has 1 aliphatic heterocycles. The topological polar surface area (TPSA) is 89.5 Å². The Kier molecular flexibility index (Phi) is 6.78. The van der Waals surface area contributed by atoms with Crippen molar-refractivity contribution in [3.8, 4) is 0 Å². The normalized spacial score (nSPS) is 22.6. The third kappa shape index (κ3) is 8.05. The highest BCUT2D eigenvalue weighted by Crippen LogP contribution is 2.21. The summed E-state index contributed by atoms with van der Waals surface area (Å²) in [5.74, 6) is 0. The van der Waals surface area contributed by atoms with E-state index in [0.29, 0.717) is 5.71 Å². The van der Waals surface area contributed by atoms with Crippen molar-refractivity contribution in [3.63, 3.8) is 0 Å². The number of oxime groups is 1. The van der Waals surface area contributed by atoms with Crippen LogP contribution in [0.25, 0.3) is 0 Å². The lowest BCUT2D eigenvalue weighted by Crippen LogP contribution is -2.44. The SMILES string of the molecule is CC1C(=NOC(C)(C)C)C(NC(=O)OC(C)(C)C)CN1C(=O)OC(C)(C)C. The van der Waals surface area contributed by atoms with E-state index in [4.69, 9.17) is 14.3 Å². The van der Waals surface area contributed by atoms with E-state index in [1.165, 1.54) is 4.90 Å². The van der Waals surface area contributed by atoms with Crippen LogP contribution in [0.2, 0.25) is 0 Å². The number of nitrogens with zero attached hydrogens (tertiary/aromatic N) is 2. The van der Waals surface area contributed by atoms with Gasteiger partial charge < -0.3 is 19.6 Å². The number of carbonyl (C=O) groups excluding carboxylic acids is 2. The lowest BCUT2D eigenvalue weighted by molar-refractivity contribution is -0.000299. The van der Waals surface area contributed by atoms with Gasteiger partial charge in [0.25, 0.3) is 0 Å². The molecule has 1 fully saturated rings. The molecule has 0 aromatic carbocycles. The first-order chi connectivity index (χ1) is 12.0. The second kappa shape index (κ2) is 7.94. The van der Waals surface area contributed by atoms with E-state index < -0.39 is 35.0 Å². The molecule has 0 spiro atoms. The summed E-state index contributed by atoms with van der Waals surface area (Å²) < 4.78 is 10.8. The summed E-state index contributed by atoms with van der Waals surface area (Å²) in [5.41, 5.74) is -1.20. The summed E-state index contributed by atoms with van der Waals surface area (Å²) in [5, 5.41) is 7.01. The van der Waals surface area contributed by atoms with E-state index in [2.05, 4.69) is 10.5 Å². The zero-order valence-electron chi connectivity index (χ0n) is 18.3. The van der Waals surface area contributed by atoms with Gasteiger partial charge in [0, 0.05) is 0 Å². The van der Waals surface area contributed by atoms with E-state index in [1.54, 1.807) is 41.5 Å². The van der Waals surface area contributed by atoms with Crippen molar-refractivity contribution in [3.05, 3.63) is 0 Å². The molecule has 1 N–H and O–H groups in total. The van der Waals surface area contributed by atoms with Crippen LogP contribution in [-0.2, 0) is 14.3 Å². The predicted octanol–water partition coefficient (Wildman–Crippen LogP) is 3.69. The highest BCUT2D eigenvalue weighted by molar-refractivity contribution is 6.00. The Balaban J connectivity index is 3.02. The molecule has 2 amide bonds. The molecule has 0 aliphatic carbocycles. The number of hydrogen-bond donors (Lipinski definition) is 1. The number of amides is 2. The summed E-state index contributed by atoms with van der Waals surface area (Å²) in [6.45, 7) is 18.4. The fourth-order valence-electron chi connectivity index (χ4n) is 2.35. The Morgan fingerprint density at radius 1 is 0.963 bits per heavy atom. The first kappa shape index (κ1) is 23.0. The Morgan fingerprint density at radius 2 is 1.48 bits per heavy atom. The first-order valence-corrected chi connectivity index (χ1v) is 9.23. The van der Waals surface area contributed by atoms with Crippen molar-refractivity contribution >= 4 is 17.9 Å². The molecule has 0 saturated carbocycles. The molecule has 1 rings (SSSR count). The molecule has 2 atom stereocenters. The van der Waals surface area contributed by atoms with Crippen LogP contribution in [-0.4, -0.2) is 58.2 Å². The molecule has 156 valence electrons. The molecule has 2 unspecified atom stereocenters. The zero-order chi connectivity index (χ0) is 21.2. The van der Waals surface area contributed by atoms with Crippen LogP contribution >= 0.6 is 0 Å². The van der Waals surface area contributed by atoms with Gasteiger partial charge in [-0.15, -0.1) is 0 Å². The van der Waals surface area contributed by atoms with Gasteiger partial charge in [-0.3, -0.25) is 4.90 Å². The minimum atomic E-state index is -0.627. The average molecular weight is 386 g/mol. The summed E-state index contributed by atoms with van der Waals surface area (Å²) in [6.07, 6.45) is -1.04. The molecule has 0 aromatic rings. The smallest absolute Gasteiger partial charge is 0.410 e. The molecule has 1 saturated heterocycles. The molecule has 0 aromatic heterocycles. The molecular formula is C19H35N3O5. The van der Waals surface area contributed by atoms with Crippen molar-refractivity contribution in [1.82, 2.24) is 10.2 Å². The number of carbonyl (C=O) groups is 2. The third-order valence-corrected chi connectivity index (χ3v) is 3.38. The standard InChI is InChI=1S/C19H35N3O5/c1-12-14(21-27-19(8,9)10)13(20-15(23)25-17(2,3)4)11-22(12)16(24)26-18(5,6)7/h12-13H,11H2,1-10H3,(H,20,23). The fourth-order valence-corrected chi connectivity index (χ4v) is 2.35. The van der Waals surface area contributed by atoms with Crippen LogP contribution in [0.5, 0.6) is 0 Å². The minimum absolute atomic E-state index is 0.224. The van der Waals surface area contributed by atoms with Crippen molar-refractivity contribution < 1.29 is 23.9 Å². The van der Waals surface area contributed by atoms with Crippen LogP contribution in [0.1, 0.15) is 69.2 Å². The van der Waals surface area contributed by atoms with Gasteiger partial charge >= 0.3 is 12.2 Å². The molecule has 1 aliphatic rings. The Labute approximate surface area is 162 Å². The fraction of sp³-hybridized carbons (Fsp3) is 0.842. The van der Waals surface area contributed by atoms with Gasteiger partial charge in [-0.2, -0.15) is 0 Å². The van der Waals surface area contributed by atoms with Crippen LogP contribution in [0.3, 0.4) is 0 Å². The van der Waals surface area contributed by atoms with Crippen LogP contribution < -0.4 is 5.32 Å². The monoisotopic (exact) mass is 385 g/mol. The largest absolute Gasteiger partial charge is 0.444 e. The van der Waals surface area contributed by atoms with E-state index in [1.807, 2.05) is 27.7 Å². The van der Waals surface area contributed by atoms with E-state index >= 15 is 0 Å². The highest BCUT2D eigenvalue weighted by Gasteiger charge is 2.42. The number of hydrogen-bond acceptors (Lipinski definition) is 6. The maximum Gasteiger partial charge on any atom is 0.410 e. The molecular weight excluding hydrogens is 350 g/mol. The van der Waals surface area contributed by atoms with E-state index in [-0.39, 0.29) is 12.6 Å². The van der Waals surface area contributed by atoms with Crippen LogP contribution in [0, 0.1) is 0 Å². The number of nitrogens with one attached hydrogen (secondary N) is 1. The maximum absolute atomic E-state index is 12.5. The number of rotatable bonds is 2. The molecule has 0 bridgehead atoms. The van der Waals surface area contributed by atoms with Gasteiger partial charge in [-0.1, -0.05) is 5.16 Å². The highest BCUT2D eigenvalue weighted by atomic mass is 16.6. The second-order valence-electron chi connectivity index (χ2n) is 9.73. The van der Waals surface area contributed by atoms with Gasteiger partial charge in [-0.05, 0) is 69.2 Å². The summed E-state index contributed by atoms with van der Waals surface area (Å²) in [7, 11) is 0. The summed E-state index contributed by atoms with van der Waals surface area (Å²) in [4.78, 5) is 31.8. The Bertz CT molecular complexity index is 582. The van der Waals surface area contributed by atoms with Gasteiger partial charge in [0.15, 0.2) is 0 Å². The first-order valence-electron chi connectivity index (χ1n) is 9.23. The van der Waals surface area contributed by atoms with E-state index in [0.717, 1.165) is 0 Å². The van der Waals surface area contributed by atoms with Gasteiger partial charge in [0.1, 0.15) is 22.5 Å². The van der Waals surface area contributed by atoms with Crippen molar-refractivity contribution in [2.75, 3.05) is 6.54 Å². The molecule has 27 heavy (non-hydrogen) atoms. The van der Waals surface area contributed by atoms with Gasteiger partial charge in [0.2, 0.25) is 0 Å². The molecule has 8 heteroatoms. The zero-order valence-corrected chi connectivity index (χ0v) is 18.3. The number of alkyl carbamates (subject to hydrolysis) is 1. The Morgan fingerprint density at radius 3 is 1.93 bits per heavy atom. The maximum atomic E-state index is 12.5. The molecule has 1 heterocycles. The molecule has 8 nitrogen and oxygen atoms in total. The van der Waals surface area contributed by atoms with Gasteiger partial charge in [0.05, 0.1) is 18.6 Å². The van der Waals surface area contributed by atoms with Gasteiger partial charge in [-0.25, -0.2) is 9.59 Å². The van der Waals surface area contributed by atoms with Crippen LogP contribution in [0.4, 0.5) is 9.59 Å². The predicted molar refractivity (Wildman–Crippen MR) is 104 cm³/mol. The third-order valence-electron chi connectivity index (χ3n) is 3.38. The quantitative estimate of drug-likeness (QED) is 0.732. The minimum Gasteiger partial charge on any atom is -0.444 e. The average Bonchev–Trinajstić information content (AvgIpc) is 2.67. The summed E-state index contributed by atoms with van der Waals surface area (Å²) >= 11 is 0. The Hall–Kier alpha value is -1.99. The number of likely N-dealkylation sites (tertiary alicyclic amines) is 1. The van der Waals surface area contributed by atoms with E-state index in [9.17, 15) is 9.59 Å². The lowest BCUT2D eigenvalue weighted by Gasteiger charge is -2.26. The van der Waals surface area contributed by atoms with Crippen molar-refractivity contribution in [2.24, 2.45) is 5.16 Å². The number of ether oxygens (including phenoxy) is 2. The summed E-state index contributed by atoms with van der Waals surface area (Å²) in [6, 6.07) is -0.910. The second-order valence-corrected chi connectivity index (χ2v) is 9.73. The lowest BCUT2D eigenvalue weighted by atomic mass is 10.1.